The minimum Gasteiger partial charge on any atom is -0.477 e. The van der Waals surface area contributed by atoms with E-state index in [9.17, 15) is 9.59 Å². The second-order valence-electron chi connectivity index (χ2n) is 2.92. The highest BCUT2D eigenvalue weighted by Crippen LogP contribution is 2.14. The SMILES string of the molecule is COC(=O)c1c(C)cc(C(=O)O)n1C. The minimum atomic E-state index is -1.06. The highest BCUT2D eigenvalue weighted by molar-refractivity contribution is 5.94. The van der Waals surface area contributed by atoms with Crippen molar-refractivity contribution < 1.29 is 19.4 Å². The molecule has 0 radical (unpaired) electrons. The van der Waals surface area contributed by atoms with Gasteiger partial charge >= 0.3 is 11.9 Å². The van der Waals surface area contributed by atoms with Crippen molar-refractivity contribution in [1.29, 1.82) is 0 Å². The Labute approximate surface area is 80.9 Å². The van der Waals surface area contributed by atoms with Crippen molar-refractivity contribution in [2.75, 3.05) is 7.11 Å². The van der Waals surface area contributed by atoms with E-state index < -0.39 is 11.9 Å². The molecule has 76 valence electrons. The third-order valence-corrected chi connectivity index (χ3v) is 2.02. The molecule has 0 aliphatic heterocycles. The monoisotopic (exact) mass is 197 g/mol. The van der Waals surface area contributed by atoms with E-state index in [4.69, 9.17) is 5.11 Å². The Morgan fingerprint density at radius 3 is 2.43 bits per heavy atom. The number of carboxylic acids is 1. The molecule has 1 aromatic rings. The quantitative estimate of drug-likeness (QED) is 0.712. The molecule has 0 saturated heterocycles. The number of carbonyl (C=O) groups is 2. The number of aromatic carboxylic acids is 1. The summed E-state index contributed by atoms with van der Waals surface area (Å²) in [5.41, 5.74) is 0.935. The lowest BCUT2D eigenvalue weighted by Crippen LogP contribution is -2.12. The number of ether oxygens (including phenoxy) is 1. The molecule has 5 nitrogen and oxygen atoms in total. The number of aryl methyl sites for hydroxylation is 1. The van der Waals surface area contributed by atoms with E-state index in [1.54, 1.807) is 6.92 Å². The summed E-state index contributed by atoms with van der Waals surface area (Å²) in [7, 11) is 2.78. The molecule has 0 aliphatic carbocycles. The molecule has 1 heterocycles. The normalized spacial score (nSPS) is 9.93. The molecule has 1 rings (SSSR count). The second kappa shape index (κ2) is 3.53. The van der Waals surface area contributed by atoms with Crippen LogP contribution < -0.4 is 0 Å². The summed E-state index contributed by atoms with van der Waals surface area (Å²) in [5, 5.41) is 8.78. The van der Waals surface area contributed by atoms with Gasteiger partial charge in [-0.05, 0) is 18.6 Å². The molecule has 1 N–H and O–H groups in total. The third kappa shape index (κ3) is 1.48. The number of hydrogen-bond acceptors (Lipinski definition) is 3. The number of rotatable bonds is 2. The van der Waals surface area contributed by atoms with Crippen molar-refractivity contribution in [1.82, 2.24) is 4.57 Å². The Morgan fingerprint density at radius 1 is 1.50 bits per heavy atom. The van der Waals surface area contributed by atoms with Gasteiger partial charge in [0.05, 0.1) is 7.11 Å². The highest BCUT2D eigenvalue weighted by atomic mass is 16.5. The van der Waals surface area contributed by atoms with Gasteiger partial charge in [0.25, 0.3) is 0 Å². The first-order chi connectivity index (χ1) is 6.49. The summed E-state index contributed by atoms with van der Waals surface area (Å²) in [6.07, 6.45) is 0. The zero-order valence-corrected chi connectivity index (χ0v) is 8.20. The lowest BCUT2D eigenvalue weighted by molar-refractivity contribution is 0.0588. The van der Waals surface area contributed by atoms with Crippen molar-refractivity contribution in [2.45, 2.75) is 6.92 Å². The number of carbonyl (C=O) groups excluding carboxylic acids is 1. The average molecular weight is 197 g/mol. The van der Waals surface area contributed by atoms with Crippen LogP contribution in [0.1, 0.15) is 26.5 Å². The first-order valence-corrected chi connectivity index (χ1v) is 3.97. The van der Waals surface area contributed by atoms with E-state index in [1.807, 2.05) is 0 Å². The van der Waals surface area contributed by atoms with Crippen LogP contribution >= 0.6 is 0 Å². The van der Waals surface area contributed by atoms with Crippen LogP contribution in [0.2, 0.25) is 0 Å². The summed E-state index contributed by atoms with van der Waals surface area (Å²) in [5.74, 6) is -1.59. The molecule has 5 heteroatoms. The number of aromatic nitrogens is 1. The molecule has 0 amide bonds. The zero-order chi connectivity index (χ0) is 10.9. The predicted octanol–water partition coefficient (Wildman–Crippen LogP) is 0.818. The van der Waals surface area contributed by atoms with Crippen LogP contribution in [0.3, 0.4) is 0 Å². The molecule has 0 aliphatic rings. The van der Waals surface area contributed by atoms with Gasteiger partial charge in [-0.3, -0.25) is 0 Å². The van der Waals surface area contributed by atoms with Crippen LogP contribution in [-0.2, 0) is 11.8 Å². The van der Waals surface area contributed by atoms with Gasteiger partial charge in [0.1, 0.15) is 11.4 Å². The van der Waals surface area contributed by atoms with Crippen LogP contribution in [0.25, 0.3) is 0 Å². The molecule has 14 heavy (non-hydrogen) atoms. The van der Waals surface area contributed by atoms with Gasteiger partial charge in [-0.25, -0.2) is 9.59 Å². The van der Waals surface area contributed by atoms with Crippen molar-refractivity contribution in [3.05, 3.63) is 23.0 Å². The molecule has 0 atom stereocenters. The van der Waals surface area contributed by atoms with Crippen LogP contribution in [0.15, 0.2) is 6.07 Å². The van der Waals surface area contributed by atoms with E-state index in [-0.39, 0.29) is 11.4 Å². The maximum Gasteiger partial charge on any atom is 0.354 e. The molecule has 0 fully saturated rings. The lowest BCUT2D eigenvalue weighted by Gasteiger charge is -2.03. The molecule has 0 unspecified atom stereocenters. The van der Waals surface area contributed by atoms with E-state index in [0.717, 1.165) is 0 Å². The minimum absolute atomic E-state index is 0.0721. The number of methoxy groups -OCH3 is 1. The van der Waals surface area contributed by atoms with Crippen LogP contribution in [0.5, 0.6) is 0 Å². The van der Waals surface area contributed by atoms with Crippen molar-refractivity contribution in [3.63, 3.8) is 0 Å². The fraction of sp³-hybridized carbons (Fsp3) is 0.333. The largest absolute Gasteiger partial charge is 0.477 e. The number of esters is 1. The molecule has 0 aromatic carbocycles. The lowest BCUT2D eigenvalue weighted by atomic mass is 10.2. The van der Waals surface area contributed by atoms with E-state index in [2.05, 4.69) is 4.74 Å². The third-order valence-electron chi connectivity index (χ3n) is 2.02. The summed E-state index contributed by atoms with van der Waals surface area (Å²) >= 11 is 0. The topological polar surface area (TPSA) is 68.5 Å². The van der Waals surface area contributed by atoms with Crippen molar-refractivity contribution in [3.8, 4) is 0 Å². The highest BCUT2D eigenvalue weighted by Gasteiger charge is 2.20. The molecule has 0 bridgehead atoms. The molecule has 1 aromatic heterocycles. The van der Waals surface area contributed by atoms with Crippen LogP contribution in [-0.4, -0.2) is 28.7 Å². The Bertz CT molecular complexity index is 392. The van der Waals surface area contributed by atoms with Gasteiger partial charge in [0, 0.05) is 7.05 Å². The Balaban J connectivity index is 3.31. The van der Waals surface area contributed by atoms with Gasteiger partial charge in [0.2, 0.25) is 0 Å². The second-order valence-corrected chi connectivity index (χ2v) is 2.92. The number of carboxylic acid groups (broad SMARTS) is 1. The van der Waals surface area contributed by atoms with Crippen LogP contribution in [0, 0.1) is 6.92 Å². The predicted molar refractivity (Wildman–Crippen MR) is 48.4 cm³/mol. The first-order valence-electron chi connectivity index (χ1n) is 3.97. The average Bonchev–Trinajstić information content (AvgIpc) is 2.41. The number of nitrogens with zero attached hydrogens (tertiary/aromatic N) is 1. The van der Waals surface area contributed by atoms with Gasteiger partial charge in [0.15, 0.2) is 0 Å². The Morgan fingerprint density at radius 2 is 2.07 bits per heavy atom. The fourth-order valence-corrected chi connectivity index (χ4v) is 1.36. The zero-order valence-electron chi connectivity index (χ0n) is 8.20. The summed E-state index contributed by atoms with van der Waals surface area (Å²) in [6.45, 7) is 1.67. The molecular formula is C9H11NO4. The van der Waals surface area contributed by atoms with E-state index >= 15 is 0 Å². The van der Waals surface area contributed by atoms with E-state index in [1.165, 1.54) is 24.8 Å². The summed E-state index contributed by atoms with van der Waals surface area (Å²) < 4.78 is 5.85. The van der Waals surface area contributed by atoms with E-state index in [0.29, 0.717) is 5.56 Å². The first kappa shape index (κ1) is 10.3. The van der Waals surface area contributed by atoms with Crippen LogP contribution in [0.4, 0.5) is 0 Å². The maximum absolute atomic E-state index is 11.3. The van der Waals surface area contributed by atoms with Crippen molar-refractivity contribution >= 4 is 11.9 Å². The van der Waals surface area contributed by atoms with Gasteiger partial charge in [-0.15, -0.1) is 0 Å². The summed E-state index contributed by atoms with van der Waals surface area (Å²) in [4.78, 5) is 22.0. The molecular weight excluding hydrogens is 186 g/mol. The maximum atomic E-state index is 11.3. The molecule has 0 spiro atoms. The van der Waals surface area contributed by atoms with Gasteiger partial charge in [-0.2, -0.15) is 0 Å². The van der Waals surface area contributed by atoms with Gasteiger partial charge < -0.3 is 14.4 Å². The fourth-order valence-electron chi connectivity index (χ4n) is 1.36. The van der Waals surface area contributed by atoms with Crippen molar-refractivity contribution in [2.24, 2.45) is 7.05 Å². The smallest absolute Gasteiger partial charge is 0.354 e. The van der Waals surface area contributed by atoms with Gasteiger partial charge in [-0.1, -0.05) is 0 Å². The Hall–Kier alpha value is -1.78. The molecule has 0 saturated carbocycles. The summed E-state index contributed by atoms with van der Waals surface area (Å²) in [6, 6.07) is 1.44. The number of hydrogen-bond donors (Lipinski definition) is 1. The standard InChI is InChI=1S/C9H11NO4/c1-5-4-6(8(11)12)10(2)7(5)9(13)14-3/h4H,1-3H3,(H,11,12). The Kier molecular flexibility index (Phi) is 2.60.